The van der Waals surface area contributed by atoms with E-state index in [4.69, 9.17) is 5.73 Å². The molecule has 0 saturated heterocycles. The van der Waals surface area contributed by atoms with Gasteiger partial charge in [-0.3, -0.25) is 0 Å². The van der Waals surface area contributed by atoms with Crippen molar-refractivity contribution >= 4 is 22.2 Å². The Kier molecular flexibility index (Phi) is 4.32. The van der Waals surface area contributed by atoms with Crippen molar-refractivity contribution in [3.63, 3.8) is 0 Å². The van der Waals surface area contributed by atoms with Gasteiger partial charge in [-0.2, -0.15) is 0 Å². The summed E-state index contributed by atoms with van der Waals surface area (Å²) < 4.78 is 22.0. The third kappa shape index (κ3) is 3.30. The number of nitrogens with two attached hydrogens (primary N) is 1. The Hall–Kier alpha value is -0.650. The van der Waals surface area contributed by atoms with Crippen LogP contribution in [0.25, 0.3) is 0 Å². The smallest absolute Gasteiger partial charge is 0.192 e. The first-order valence-electron chi connectivity index (χ1n) is 3.39. The van der Waals surface area contributed by atoms with E-state index >= 15 is 0 Å². The van der Waals surface area contributed by atoms with E-state index in [0.29, 0.717) is 6.54 Å². The first kappa shape index (κ1) is 12.3. The summed E-state index contributed by atoms with van der Waals surface area (Å²) >= 11 is 0. The van der Waals surface area contributed by atoms with Gasteiger partial charge in [0, 0.05) is 19.0 Å². The summed E-state index contributed by atoms with van der Waals surface area (Å²) in [6.07, 6.45) is 2.56. The fourth-order valence-electron chi connectivity index (χ4n) is 0.780. The van der Waals surface area contributed by atoms with Gasteiger partial charge in [-0.25, -0.2) is 13.4 Å². The maximum atomic E-state index is 11.0. The highest BCUT2D eigenvalue weighted by Gasteiger charge is 2.07. The molecule has 4 nitrogen and oxygen atoms in total. The van der Waals surface area contributed by atoms with Gasteiger partial charge in [0.1, 0.15) is 0 Å². The van der Waals surface area contributed by atoms with E-state index in [1.807, 2.05) is 0 Å². The molecule has 0 bridgehead atoms. The van der Waals surface area contributed by atoms with Crippen LogP contribution < -0.4 is 5.73 Å². The molecular weight excluding hydrogens is 212 g/mol. The number of nitrogens with zero attached hydrogens (tertiary/aromatic N) is 1. The molecule has 0 aliphatic rings. The highest BCUT2D eigenvalue weighted by Crippen LogP contribution is 2.06. The number of aromatic nitrogens is 1. The molecule has 0 saturated carbocycles. The van der Waals surface area contributed by atoms with Crippen LogP contribution >= 0.6 is 12.4 Å². The number of rotatable bonds is 2. The van der Waals surface area contributed by atoms with Gasteiger partial charge in [0.2, 0.25) is 0 Å². The Morgan fingerprint density at radius 3 is 2.62 bits per heavy atom. The average Bonchev–Trinajstić information content (AvgIpc) is 2.03. The van der Waals surface area contributed by atoms with E-state index in [-0.39, 0.29) is 17.4 Å². The van der Waals surface area contributed by atoms with Crippen LogP contribution in [0.1, 0.15) is 5.56 Å². The Labute approximate surface area is 83.5 Å². The third-order valence-electron chi connectivity index (χ3n) is 1.41. The number of pyridine rings is 1. The first-order chi connectivity index (χ1) is 5.54. The Morgan fingerprint density at radius 2 is 2.15 bits per heavy atom. The zero-order valence-electron chi connectivity index (χ0n) is 7.10. The van der Waals surface area contributed by atoms with E-state index in [1.54, 1.807) is 6.07 Å². The lowest BCUT2D eigenvalue weighted by molar-refractivity contribution is 0.598. The molecule has 0 aliphatic carbocycles. The van der Waals surface area contributed by atoms with Gasteiger partial charge < -0.3 is 5.73 Å². The van der Waals surface area contributed by atoms with Crippen molar-refractivity contribution in [1.29, 1.82) is 0 Å². The molecule has 1 rings (SSSR count). The van der Waals surface area contributed by atoms with Crippen LogP contribution in [-0.4, -0.2) is 19.7 Å². The summed E-state index contributed by atoms with van der Waals surface area (Å²) in [6.45, 7) is 0.324. The van der Waals surface area contributed by atoms with Gasteiger partial charge in [0.25, 0.3) is 0 Å². The maximum absolute atomic E-state index is 11.0. The second-order valence-electron chi connectivity index (χ2n) is 2.48. The van der Waals surface area contributed by atoms with Crippen LogP contribution in [0.5, 0.6) is 0 Å². The van der Waals surface area contributed by atoms with Crippen molar-refractivity contribution in [2.45, 2.75) is 11.6 Å². The predicted molar refractivity (Wildman–Crippen MR) is 52.5 cm³/mol. The minimum Gasteiger partial charge on any atom is -0.326 e. The van der Waals surface area contributed by atoms with Gasteiger partial charge in [-0.1, -0.05) is 0 Å². The molecule has 0 radical (unpaired) electrons. The zero-order valence-corrected chi connectivity index (χ0v) is 8.73. The minimum atomic E-state index is -3.20. The molecule has 2 N–H and O–H groups in total. The molecule has 0 atom stereocenters. The van der Waals surface area contributed by atoms with Gasteiger partial charge in [0.05, 0.1) is 0 Å². The van der Waals surface area contributed by atoms with Crippen LogP contribution in [0.2, 0.25) is 0 Å². The average molecular weight is 223 g/mol. The second kappa shape index (κ2) is 4.55. The van der Waals surface area contributed by atoms with Crippen LogP contribution in [0, 0.1) is 0 Å². The maximum Gasteiger partial charge on any atom is 0.192 e. The topological polar surface area (TPSA) is 73.0 Å². The standard InChI is InChI=1S/C7H10N2O2S.ClH/c1-12(10,11)7-4-6(5-8)2-3-9-7;/h2-4H,5,8H2,1H3;1H. The summed E-state index contributed by atoms with van der Waals surface area (Å²) in [7, 11) is -3.20. The monoisotopic (exact) mass is 222 g/mol. The van der Waals surface area contributed by atoms with Crippen LogP contribution in [0.3, 0.4) is 0 Å². The molecule has 74 valence electrons. The second-order valence-corrected chi connectivity index (χ2v) is 4.44. The molecule has 1 heterocycles. The lowest BCUT2D eigenvalue weighted by Crippen LogP contribution is -2.03. The first-order valence-corrected chi connectivity index (χ1v) is 5.28. The molecule has 13 heavy (non-hydrogen) atoms. The van der Waals surface area contributed by atoms with Crippen LogP contribution in [0.4, 0.5) is 0 Å². The molecule has 0 spiro atoms. The van der Waals surface area contributed by atoms with Crippen molar-refractivity contribution in [1.82, 2.24) is 4.98 Å². The zero-order chi connectivity index (χ0) is 9.19. The molecule has 0 amide bonds. The third-order valence-corrected chi connectivity index (χ3v) is 2.40. The number of hydrogen-bond acceptors (Lipinski definition) is 4. The van der Waals surface area contributed by atoms with Crippen LogP contribution in [0.15, 0.2) is 23.4 Å². The van der Waals surface area contributed by atoms with E-state index in [2.05, 4.69) is 4.98 Å². The summed E-state index contributed by atoms with van der Waals surface area (Å²) in [5, 5.41) is 0.0745. The minimum absolute atomic E-state index is 0. The lowest BCUT2D eigenvalue weighted by Gasteiger charge is -1.99. The molecule has 1 aromatic heterocycles. The molecule has 6 heteroatoms. The van der Waals surface area contributed by atoms with Crippen molar-refractivity contribution < 1.29 is 8.42 Å². The number of sulfone groups is 1. The van der Waals surface area contributed by atoms with Crippen molar-refractivity contribution in [3.05, 3.63) is 23.9 Å². The quantitative estimate of drug-likeness (QED) is 0.785. The summed E-state index contributed by atoms with van der Waals surface area (Å²) in [6, 6.07) is 3.17. The summed E-state index contributed by atoms with van der Waals surface area (Å²) in [4.78, 5) is 3.72. The largest absolute Gasteiger partial charge is 0.326 e. The normalized spacial score (nSPS) is 10.6. The molecular formula is C7H11ClN2O2S. The van der Waals surface area contributed by atoms with E-state index in [9.17, 15) is 8.42 Å². The molecule has 0 fully saturated rings. The van der Waals surface area contributed by atoms with Crippen molar-refractivity contribution in [2.24, 2.45) is 5.73 Å². The highest BCUT2D eigenvalue weighted by atomic mass is 35.5. The summed E-state index contributed by atoms with van der Waals surface area (Å²) in [5.41, 5.74) is 6.11. The van der Waals surface area contributed by atoms with Gasteiger partial charge in [0.15, 0.2) is 14.9 Å². The van der Waals surface area contributed by atoms with Crippen LogP contribution in [-0.2, 0) is 16.4 Å². The van der Waals surface area contributed by atoms with Crippen molar-refractivity contribution in [2.75, 3.05) is 6.26 Å². The highest BCUT2D eigenvalue weighted by molar-refractivity contribution is 7.90. The molecule has 0 aliphatic heterocycles. The summed E-state index contributed by atoms with van der Waals surface area (Å²) in [5.74, 6) is 0. The number of hydrogen-bond donors (Lipinski definition) is 1. The van der Waals surface area contributed by atoms with Gasteiger partial charge >= 0.3 is 0 Å². The SMILES string of the molecule is CS(=O)(=O)c1cc(CN)ccn1.Cl. The fourth-order valence-corrected chi connectivity index (χ4v) is 1.40. The van der Waals surface area contributed by atoms with E-state index < -0.39 is 9.84 Å². The van der Waals surface area contributed by atoms with E-state index in [0.717, 1.165) is 11.8 Å². The van der Waals surface area contributed by atoms with E-state index in [1.165, 1.54) is 12.3 Å². The Morgan fingerprint density at radius 1 is 1.54 bits per heavy atom. The lowest BCUT2D eigenvalue weighted by atomic mass is 10.3. The van der Waals surface area contributed by atoms with Gasteiger partial charge in [-0.15, -0.1) is 12.4 Å². The fraction of sp³-hybridized carbons (Fsp3) is 0.286. The number of halogens is 1. The van der Waals surface area contributed by atoms with Gasteiger partial charge in [-0.05, 0) is 17.7 Å². The Bertz CT molecular complexity index is 378. The molecule has 0 aromatic carbocycles. The Balaban J connectivity index is 0.00000144. The molecule has 1 aromatic rings. The van der Waals surface area contributed by atoms with Crippen molar-refractivity contribution in [3.8, 4) is 0 Å². The molecule has 0 unspecified atom stereocenters. The predicted octanol–water partition coefficient (Wildman–Crippen LogP) is 0.366.